The van der Waals surface area contributed by atoms with E-state index in [9.17, 15) is 9.59 Å². The van der Waals surface area contributed by atoms with Crippen molar-refractivity contribution in [2.24, 2.45) is 0 Å². The molecule has 2 aromatic rings. The van der Waals surface area contributed by atoms with Crippen molar-refractivity contribution in [2.75, 3.05) is 6.61 Å². The van der Waals surface area contributed by atoms with E-state index in [1.807, 2.05) is 60.7 Å². The van der Waals surface area contributed by atoms with Gasteiger partial charge in [-0.25, -0.2) is 4.79 Å². The molecule has 5 atom stereocenters. The first kappa shape index (κ1) is 20.7. The zero-order valence-electron chi connectivity index (χ0n) is 16.3. The number of carbonyl (C=O) groups is 2. The Bertz CT molecular complexity index is 860. The minimum absolute atomic E-state index is 0.166. The molecule has 30 heavy (non-hydrogen) atoms. The normalized spacial score (nSPS) is 27.6. The molecule has 2 heterocycles. The van der Waals surface area contributed by atoms with Gasteiger partial charge in [0.05, 0.1) is 13.2 Å². The van der Waals surface area contributed by atoms with Gasteiger partial charge in [-0.15, -0.1) is 0 Å². The SMILES string of the molecule is CC(=O)O[C@H]1[C@@H]2OC(=O)O[C@H]2[C@H](Sc2ccccc2)O[C@@H]1COCc1ccccc1. The van der Waals surface area contributed by atoms with E-state index in [0.29, 0.717) is 6.61 Å². The van der Waals surface area contributed by atoms with Crippen molar-refractivity contribution in [3.05, 3.63) is 66.2 Å². The molecule has 2 saturated heterocycles. The molecule has 8 heteroatoms. The molecule has 0 radical (unpaired) electrons. The van der Waals surface area contributed by atoms with Crippen LogP contribution in [0.2, 0.25) is 0 Å². The third-order valence-electron chi connectivity index (χ3n) is 4.75. The molecule has 0 saturated carbocycles. The monoisotopic (exact) mass is 430 g/mol. The molecule has 2 aliphatic rings. The van der Waals surface area contributed by atoms with Crippen LogP contribution in [0.15, 0.2) is 65.6 Å². The molecule has 2 aliphatic heterocycles. The topological polar surface area (TPSA) is 80.3 Å². The van der Waals surface area contributed by atoms with E-state index in [1.54, 1.807) is 0 Å². The largest absolute Gasteiger partial charge is 0.509 e. The van der Waals surface area contributed by atoms with Crippen molar-refractivity contribution >= 4 is 23.9 Å². The summed E-state index contributed by atoms with van der Waals surface area (Å²) in [6.45, 7) is 1.85. The first-order valence-corrected chi connectivity index (χ1v) is 10.5. The Labute approximate surface area is 178 Å². The van der Waals surface area contributed by atoms with Crippen molar-refractivity contribution in [2.45, 2.75) is 48.3 Å². The van der Waals surface area contributed by atoms with Gasteiger partial charge in [-0.1, -0.05) is 60.3 Å². The Morgan fingerprint density at radius 3 is 2.37 bits per heavy atom. The van der Waals surface area contributed by atoms with Crippen LogP contribution in [-0.4, -0.2) is 48.6 Å². The molecule has 0 aliphatic carbocycles. The highest BCUT2D eigenvalue weighted by Gasteiger charge is 2.56. The predicted octanol–water partition coefficient (Wildman–Crippen LogP) is 3.56. The summed E-state index contributed by atoms with van der Waals surface area (Å²) in [5.41, 5.74) is 0.488. The molecule has 0 amide bonds. The molecule has 2 aromatic carbocycles. The second-order valence-corrected chi connectivity index (χ2v) is 8.14. The molecule has 0 bridgehead atoms. The Hall–Kier alpha value is -2.55. The summed E-state index contributed by atoms with van der Waals surface area (Å²) in [6.07, 6.45) is -3.69. The summed E-state index contributed by atoms with van der Waals surface area (Å²) >= 11 is 1.42. The number of hydrogen-bond acceptors (Lipinski definition) is 8. The number of carbonyl (C=O) groups excluding carboxylic acids is 2. The fourth-order valence-electron chi connectivity index (χ4n) is 3.45. The number of benzene rings is 2. The molecule has 0 spiro atoms. The van der Waals surface area contributed by atoms with Gasteiger partial charge in [-0.3, -0.25) is 4.79 Å². The van der Waals surface area contributed by atoms with Crippen LogP contribution in [0, 0.1) is 0 Å². The lowest BCUT2D eigenvalue weighted by molar-refractivity contribution is -0.200. The number of ether oxygens (including phenoxy) is 5. The van der Waals surface area contributed by atoms with Crippen molar-refractivity contribution < 1.29 is 33.3 Å². The summed E-state index contributed by atoms with van der Waals surface area (Å²) in [4.78, 5) is 24.5. The number of rotatable bonds is 7. The predicted molar refractivity (Wildman–Crippen MR) is 108 cm³/mol. The number of esters is 1. The molecule has 0 aromatic heterocycles. The van der Waals surface area contributed by atoms with E-state index in [4.69, 9.17) is 23.7 Å². The first-order valence-electron chi connectivity index (χ1n) is 9.63. The molecular weight excluding hydrogens is 408 g/mol. The van der Waals surface area contributed by atoms with Crippen molar-refractivity contribution in [1.82, 2.24) is 0 Å². The van der Waals surface area contributed by atoms with Crippen LogP contribution < -0.4 is 0 Å². The number of thioether (sulfide) groups is 1. The Morgan fingerprint density at radius 2 is 1.67 bits per heavy atom. The summed E-state index contributed by atoms with van der Waals surface area (Å²) in [6, 6.07) is 19.4. The third-order valence-corrected chi connectivity index (χ3v) is 5.90. The minimum atomic E-state index is -0.817. The minimum Gasteiger partial charge on any atom is -0.456 e. The van der Waals surface area contributed by atoms with Crippen LogP contribution >= 0.6 is 11.8 Å². The molecule has 158 valence electrons. The van der Waals surface area contributed by atoms with Crippen molar-refractivity contribution in [1.29, 1.82) is 0 Å². The maximum Gasteiger partial charge on any atom is 0.509 e. The quantitative estimate of drug-likeness (QED) is 0.617. The second-order valence-electron chi connectivity index (χ2n) is 6.96. The van der Waals surface area contributed by atoms with Gasteiger partial charge in [0, 0.05) is 11.8 Å². The smallest absolute Gasteiger partial charge is 0.456 e. The van der Waals surface area contributed by atoms with E-state index in [0.717, 1.165) is 10.5 Å². The molecule has 4 rings (SSSR count). The second kappa shape index (κ2) is 9.51. The fraction of sp³-hybridized carbons (Fsp3) is 0.364. The van der Waals surface area contributed by atoms with Crippen LogP contribution in [0.4, 0.5) is 4.79 Å². The van der Waals surface area contributed by atoms with E-state index in [2.05, 4.69) is 0 Å². The van der Waals surface area contributed by atoms with Crippen LogP contribution in [0.25, 0.3) is 0 Å². The highest BCUT2D eigenvalue weighted by Crippen LogP contribution is 2.39. The van der Waals surface area contributed by atoms with E-state index in [-0.39, 0.29) is 6.61 Å². The average molecular weight is 430 g/mol. The van der Waals surface area contributed by atoms with E-state index >= 15 is 0 Å². The van der Waals surface area contributed by atoms with Crippen LogP contribution in [0.1, 0.15) is 12.5 Å². The standard InChI is InChI=1S/C22H22O7S/c1-14(23)26-18-17(13-25-12-15-8-4-2-5-9-15)27-21(20-19(18)28-22(24)29-20)30-16-10-6-3-7-11-16/h2-11,17-21H,12-13H2,1H3/t17-,18-,19+,20-,21+/m1/s1. The maximum atomic E-state index is 11.9. The third kappa shape index (κ3) is 4.95. The molecule has 7 nitrogen and oxygen atoms in total. The Kier molecular flexibility index (Phi) is 6.56. The van der Waals surface area contributed by atoms with Crippen molar-refractivity contribution in [3.63, 3.8) is 0 Å². The van der Waals surface area contributed by atoms with Crippen LogP contribution in [-0.2, 0) is 35.1 Å². The summed E-state index contributed by atoms with van der Waals surface area (Å²) in [7, 11) is 0. The van der Waals surface area contributed by atoms with Gasteiger partial charge in [0.1, 0.15) is 11.5 Å². The number of fused-ring (bicyclic) bond motifs is 1. The number of hydrogen-bond donors (Lipinski definition) is 0. The van der Waals surface area contributed by atoms with Gasteiger partial charge in [-0.05, 0) is 17.7 Å². The average Bonchev–Trinajstić information content (AvgIpc) is 3.14. The van der Waals surface area contributed by atoms with Gasteiger partial charge in [-0.2, -0.15) is 0 Å². The van der Waals surface area contributed by atoms with Gasteiger partial charge >= 0.3 is 12.1 Å². The van der Waals surface area contributed by atoms with Crippen molar-refractivity contribution in [3.8, 4) is 0 Å². The summed E-state index contributed by atoms with van der Waals surface area (Å²) < 4.78 is 28.2. The molecule has 2 fully saturated rings. The Balaban J connectivity index is 1.50. The maximum absolute atomic E-state index is 11.9. The lowest BCUT2D eigenvalue weighted by atomic mass is 10.00. The highest BCUT2D eigenvalue weighted by molar-refractivity contribution is 7.99. The molecule has 0 N–H and O–H groups in total. The Morgan fingerprint density at radius 1 is 1.00 bits per heavy atom. The van der Waals surface area contributed by atoms with Gasteiger partial charge in [0.2, 0.25) is 0 Å². The van der Waals surface area contributed by atoms with E-state index < -0.39 is 42.0 Å². The van der Waals surface area contributed by atoms with Gasteiger partial charge in [0.15, 0.2) is 18.3 Å². The highest BCUT2D eigenvalue weighted by atomic mass is 32.2. The molecular formula is C22H22O7S. The zero-order chi connectivity index (χ0) is 20.9. The lowest BCUT2D eigenvalue weighted by Crippen LogP contribution is -2.57. The zero-order valence-corrected chi connectivity index (χ0v) is 17.2. The van der Waals surface area contributed by atoms with E-state index in [1.165, 1.54) is 18.7 Å². The van der Waals surface area contributed by atoms with Crippen LogP contribution in [0.5, 0.6) is 0 Å². The molecule has 0 unspecified atom stereocenters. The van der Waals surface area contributed by atoms with Crippen LogP contribution in [0.3, 0.4) is 0 Å². The fourth-order valence-corrected chi connectivity index (χ4v) is 4.58. The van der Waals surface area contributed by atoms with Gasteiger partial charge < -0.3 is 23.7 Å². The summed E-state index contributed by atoms with van der Waals surface area (Å²) in [5, 5.41) is 0. The first-order chi connectivity index (χ1) is 14.6. The van der Waals surface area contributed by atoms with Gasteiger partial charge in [0.25, 0.3) is 0 Å². The lowest BCUT2D eigenvalue weighted by Gasteiger charge is -2.40. The summed E-state index contributed by atoms with van der Waals surface area (Å²) in [5.74, 6) is -0.493.